The van der Waals surface area contributed by atoms with Gasteiger partial charge >= 0.3 is 0 Å². The van der Waals surface area contributed by atoms with Crippen molar-refractivity contribution in [3.05, 3.63) is 81.1 Å². The Morgan fingerprint density at radius 3 is 2.35 bits per heavy atom. The van der Waals surface area contributed by atoms with E-state index in [1.54, 1.807) is 0 Å². The number of phenols is 1. The van der Waals surface area contributed by atoms with Crippen molar-refractivity contribution in [2.75, 3.05) is 0 Å². The highest BCUT2D eigenvalue weighted by molar-refractivity contribution is 6.22. The summed E-state index contributed by atoms with van der Waals surface area (Å²) in [5, 5.41) is 44.0. The molecule has 1 saturated carbocycles. The number of ketones is 2. The van der Waals surface area contributed by atoms with E-state index in [2.05, 4.69) is 17.0 Å². The third kappa shape index (κ3) is 3.27. The molecular formula is C28H26N2O7. The number of carbonyl (C=O) groups excluding carboxylic acids is 3. The third-order valence-electron chi connectivity index (χ3n) is 8.34. The third-order valence-corrected chi connectivity index (χ3v) is 8.34. The van der Waals surface area contributed by atoms with Crippen molar-refractivity contribution in [2.24, 2.45) is 17.6 Å². The Morgan fingerprint density at radius 1 is 1.03 bits per heavy atom. The molecule has 0 radical (unpaired) electrons. The van der Waals surface area contributed by atoms with Crippen LogP contribution in [-0.4, -0.2) is 48.4 Å². The van der Waals surface area contributed by atoms with Gasteiger partial charge in [-0.1, -0.05) is 30.3 Å². The second kappa shape index (κ2) is 8.03. The summed E-state index contributed by atoms with van der Waals surface area (Å²) in [6.07, 6.45) is 0.0903. The van der Waals surface area contributed by atoms with Gasteiger partial charge in [0.1, 0.15) is 22.8 Å². The smallest absolute Gasteiger partial charge is 0.255 e. The zero-order valence-corrected chi connectivity index (χ0v) is 19.9. The Bertz CT molecular complexity index is 1450. The second-order valence-corrected chi connectivity index (χ2v) is 10.4. The van der Waals surface area contributed by atoms with Crippen LogP contribution in [0.1, 0.15) is 40.7 Å². The van der Waals surface area contributed by atoms with Crippen molar-refractivity contribution < 1.29 is 34.8 Å². The van der Waals surface area contributed by atoms with Crippen LogP contribution in [0.25, 0.3) is 5.76 Å². The average Bonchev–Trinajstić information content (AvgIpc) is 3.25. The maximum Gasteiger partial charge on any atom is 0.255 e. The Balaban J connectivity index is 1.41. The number of carbonyl (C=O) groups is 3. The van der Waals surface area contributed by atoms with Crippen LogP contribution < -0.4 is 5.73 Å². The van der Waals surface area contributed by atoms with Gasteiger partial charge in [0.2, 0.25) is 5.78 Å². The van der Waals surface area contributed by atoms with E-state index < -0.39 is 52.0 Å². The molecule has 1 aliphatic heterocycles. The van der Waals surface area contributed by atoms with Gasteiger partial charge in [-0.05, 0) is 47.1 Å². The molecule has 0 spiro atoms. The summed E-state index contributed by atoms with van der Waals surface area (Å²) in [5.74, 6) is -6.20. The Labute approximate surface area is 212 Å². The topological polar surface area (TPSA) is 161 Å². The minimum absolute atomic E-state index is 0.118. The maximum absolute atomic E-state index is 13.6. The van der Waals surface area contributed by atoms with Gasteiger partial charge in [0.25, 0.3) is 5.91 Å². The SMILES string of the molecule is NC(=O)C1=C(O)[C@@]2(O)C(=O)C3=C(O)c4c(O)ccc(CN5Cc6ccccc6C5)c4CC3C[C@H]2CC1=O. The Morgan fingerprint density at radius 2 is 1.70 bits per heavy atom. The van der Waals surface area contributed by atoms with E-state index in [1.165, 1.54) is 17.2 Å². The number of aliphatic hydroxyl groups excluding tert-OH is 2. The number of rotatable bonds is 3. The van der Waals surface area contributed by atoms with E-state index in [1.807, 2.05) is 18.2 Å². The Kier molecular flexibility index (Phi) is 5.09. The van der Waals surface area contributed by atoms with Crippen LogP contribution in [0, 0.1) is 11.8 Å². The van der Waals surface area contributed by atoms with Crippen LogP contribution in [0.5, 0.6) is 5.75 Å². The predicted octanol–water partition coefficient (Wildman–Crippen LogP) is 1.94. The zero-order valence-electron chi connectivity index (χ0n) is 19.9. The van der Waals surface area contributed by atoms with E-state index >= 15 is 0 Å². The van der Waals surface area contributed by atoms with E-state index in [4.69, 9.17) is 5.73 Å². The number of amides is 1. The Hall–Kier alpha value is -3.95. The monoisotopic (exact) mass is 502 g/mol. The first-order valence-corrected chi connectivity index (χ1v) is 12.2. The van der Waals surface area contributed by atoms with Gasteiger partial charge in [-0.25, -0.2) is 0 Å². The molecule has 37 heavy (non-hydrogen) atoms. The van der Waals surface area contributed by atoms with Gasteiger partial charge in [-0.2, -0.15) is 0 Å². The number of fused-ring (bicyclic) bond motifs is 4. The lowest BCUT2D eigenvalue weighted by atomic mass is 9.59. The lowest BCUT2D eigenvalue weighted by Gasteiger charge is -2.46. The van der Waals surface area contributed by atoms with Crippen LogP contribution in [0.3, 0.4) is 0 Å². The summed E-state index contributed by atoms with van der Waals surface area (Å²) in [6.45, 7) is 2.11. The highest BCUT2D eigenvalue weighted by atomic mass is 16.3. The molecule has 3 aliphatic carbocycles. The lowest BCUT2D eigenvalue weighted by Crippen LogP contribution is -2.58. The lowest BCUT2D eigenvalue weighted by molar-refractivity contribution is -0.147. The molecule has 6 N–H and O–H groups in total. The molecule has 0 aromatic heterocycles. The number of hydrogen-bond donors (Lipinski definition) is 5. The first-order chi connectivity index (χ1) is 17.6. The number of aromatic hydroxyl groups is 1. The number of primary amides is 1. The van der Waals surface area contributed by atoms with Gasteiger partial charge in [0, 0.05) is 37.5 Å². The highest BCUT2D eigenvalue weighted by Gasteiger charge is 2.60. The highest BCUT2D eigenvalue weighted by Crippen LogP contribution is 2.52. The average molecular weight is 503 g/mol. The van der Waals surface area contributed by atoms with Crippen molar-refractivity contribution in [1.82, 2.24) is 4.90 Å². The number of aliphatic hydroxyl groups is 3. The molecule has 1 heterocycles. The van der Waals surface area contributed by atoms with Crippen LogP contribution in [0.15, 0.2) is 53.3 Å². The van der Waals surface area contributed by atoms with Crippen molar-refractivity contribution in [2.45, 2.75) is 44.5 Å². The second-order valence-electron chi connectivity index (χ2n) is 10.4. The van der Waals surface area contributed by atoms with Gasteiger partial charge in [-0.3, -0.25) is 19.3 Å². The molecule has 9 heteroatoms. The molecule has 190 valence electrons. The zero-order chi connectivity index (χ0) is 26.2. The summed E-state index contributed by atoms with van der Waals surface area (Å²) >= 11 is 0. The number of phenolic OH excluding ortho intramolecular Hbond substituents is 1. The van der Waals surface area contributed by atoms with Crippen LogP contribution in [-0.2, 0) is 40.4 Å². The summed E-state index contributed by atoms with van der Waals surface area (Å²) in [5.41, 5.74) is 6.00. The molecule has 0 bridgehead atoms. The molecule has 9 nitrogen and oxygen atoms in total. The summed E-state index contributed by atoms with van der Waals surface area (Å²) < 4.78 is 0. The minimum Gasteiger partial charge on any atom is -0.508 e. The van der Waals surface area contributed by atoms with Gasteiger partial charge < -0.3 is 26.2 Å². The first-order valence-electron chi connectivity index (χ1n) is 12.2. The normalized spacial score (nSPS) is 27.1. The number of benzene rings is 2. The van der Waals surface area contributed by atoms with Crippen molar-refractivity contribution in [3.63, 3.8) is 0 Å². The standard InChI is InChI=1S/C28H26N2O7/c29-27(36)23-20(32)9-17-7-16-8-18-15(12-30-10-13-3-1-2-4-14(13)11-30)5-6-19(31)22(18)24(33)21(16)25(34)28(17,37)26(23)35/h1-6,16-17,31,33,35,37H,7-12H2,(H2,29,36)/t16?,17-,28-/m0/s1. The first kappa shape index (κ1) is 23.4. The molecule has 3 atom stereocenters. The number of nitrogens with two attached hydrogens (primary N) is 1. The molecule has 2 aromatic rings. The largest absolute Gasteiger partial charge is 0.508 e. The minimum atomic E-state index is -2.55. The van der Waals surface area contributed by atoms with Crippen molar-refractivity contribution in [3.8, 4) is 5.75 Å². The molecule has 0 saturated heterocycles. The number of hydrogen-bond acceptors (Lipinski definition) is 8. The molecular weight excluding hydrogens is 476 g/mol. The van der Waals surface area contributed by atoms with Crippen molar-refractivity contribution >= 4 is 23.2 Å². The summed E-state index contributed by atoms with van der Waals surface area (Å²) in [6, 6.07) is 11.5. The molecule has 6 rings (SSSR count). The van der Waals surface area contributed by atoms with Crippen molar-refractivity contribution in [1.29, 1.82) is 0 Å². The van der Waals surface area contributed by atoms with E-state index in [0.717, 1.165) is 18.7 Å². The summed E-state index contributed by atoms with van der Waals surface area (Å²) in [4.78, 5) is 40.1. The van der Waals surface area contributed by atoms with Gasteiger partial charge in [-0.15, -0.1) is 0 Å². The molecule has 1 amide bonds. The van der Waals surface area contributed by atoms with Crippen LogP contribution in [0.2, 0.25) is 0 Å². The molecule has 4 aliphatic rings. The van der Waals surface area contributed by atoms with Gasteiger partial charge in [0.05, 0.1) is 5.56 Å². The molecule has 2 aromatic carbocycles. The number of nitrogens with zero attached hydrogens (tertiary/aromatic N) is 1. The quantitative estimate of drug-likeness (QED) is 0.398. The predicted molar refractivity (Wildman–Crippen MR) is 131 cm³/mol. The van der Waals surface area contributed by atoms with E-state index in [9.17, 15) is 34.8 Å². The van der Waals surface area contributed by atoms with Crippen LogP contribution in [0.4, 0.5) is 0 Å². The number of Topliss-reactive ketones (excluding diaryl/α,β-unsaturated/α-hetero) is 2. The van der Waals surface area contributed by atoms with Gasteiger partial charge in [0.15, 0.2) is 11.4 Å². The maximum atomic E-state index is 13.6. The van der Waals surface area contributed by atoms with E-state index in [-0.39, 0.29) is 29.7 Å². The molecule has 1 unspecified atom stereocenters. The fourth-order valence-electron chi connectivity index (χ4n) is 6.59. The summed E-state index contributed by atoms with van der Waals surface area (Å²) in [7, 11) is 0. The van der Waals surface area contributed by atoms with E-state index in [0.29, 0.717) is 18.5 Å². The fourth-order valence-corrected chi connectivity index (χ4v) is 6.59. The fraction of sp³-hybridized carbons (Fsp3) is 0.321. The van der Waals surface area contributed by atoms with Crippen LogP contribution >= 0.6 is 0 Å². The molecule has 1 fully saturated rings.